The molecule has 1 aliphatic rings. The van der Waals surface area contributed by atoms with Crippen LogP contribution in [0.2, 0.25) is 0 Å². The molecule has 1 heterocycles. The number of hydrogen-bond acceptors (Lipinski definition) is 4. The van der Waals surface area contributed by atoms with Crippen molar-refractivity contribution >= 4 is 11.9 Å². The molecule has 0 aromatic heterocycles. The van der Waals surface area contributed by atoms with Crippen molar-refractivity contribution in [2.24, 2.45) is 0 Å². The van der Waals surface area contributed by atoms with Crippen molar-refractivity contribution in [1.29, 1.82) is 0 Å². The molecule has 104 valence electrons. The van der Waals surface area contributed by atoms with E-state index in [0.717, 1.165) is 6.42 Å². The first-order chi connectivity index (χ1) is 8.54. The summed E-state index contributed by atoms with van der Waals surface area (Å²) in [4.78, 5) is 22.8. The molecule has 2 N–H and O–H groups in total. The molecule has 3 atom stereocenters. The molecule has 0 saturated carbocycles. The van der Waals surface area contributed by atoms with E-state index in [2.05, 4.69) is 5.32 Å². The van der Waals surface area contributed by atoms with Crippen LogP contribution in [-0.4, -0.2) is 48.9 Å². The predicted molar refractivity (Wildman–Crippen MR) is 64.2 cm³/mol. The zero-order valence-electron chi connectivity index (χ0n) is 10.8. The molecule has 0 aromatic rings. The fourth-order valence-electron chi connectivity index (χ4n) is 1.95. The highest BCUT2D eigenvalue weighted by Crippen LogP contribution is 2.19. The van der Waals surface area contributed by atoms with Crippen molar-refractivity contribution in [3.63, 3.8) is 0 Å². The van der Waals surface area contributed by atoms with E-state index in [4.69, 9.17) is 14.6 Å². The maximum Gasteiger partial charge on any atom is 0.326 e. The van der Waals surface area contributed by atoms with Crippen molar-refractivity contribution in [2.45, 2.75) is 50.9 Å². The molecule has 3 unspecified atom stereocenters. The van der Waals surface area contributed by atoms with Gasteiger partial charge in [0, 0.05) is 13.7 Å². The Morgan fingerprint density at radius 3 is 2.72 bits per heavy atom. The van der Waals surface area contributed by atoms with Crippen molar-refractivity contribution in [1.82, 2.24) is 5.32 Å². The summed E-state index contributed by atoms with van der Waals surface area (Å²) in [5.74, 6) is -1.35. The fraction of sp³-hybridized carbons (Fsp3) is 0.833. The minimum Gasteiger partial charge on any atom is -0.480 e. The summed E-state index contributed by atoms with van der Waals surface area (Å²) in [7, 11) is 1.56. The van der Waals surface area contributed by atoms with Crippen LogP contribution >= 0.6 is 0 Å². The number of carbonyl (C=O) groups excluding carboxylic acids is 1. The third-order valence-corrected chi connectivity index (χ3v) is 2.98. The maximum absolute atomic E-state index is 11.8. The number of nitrogens with one attached hydrogen (secondary N) is 1. The third kappa shape index (κ3) is 4.62. The van der Waals surface area contributed by atoms with E-state index in [-0.39, 0.29) is 12.0 Å². The molecule has 0 bridgehead atoms. The molecule has 1 aliphatic heterocycles. The highest BCUT2D eigenvalue weighted by Gasteiger charge is 2.30. The molecule has 6 heteroatoms. The summed E-state index contributed by atoms with van der Waals surface area (Å²) < 4.78 is 10.3. The van der Waals surface area contributed by atoms with E-state index in [1.165, 1.54) is 0 Å². The molecule has 6 nitrogen and oxygen atoms in total. The van der Waals surface area contributed by atoms with E-state index in [9.17, 15) is 9.59 Å². The zero-order valence-corrected chi connectivity index (χ0v) is 10.8. The SMILES string of the molecule is COCCCC(NC(=O)C1CCC(C)O1)C(=O)O. The lowest BCUT2D eigenvalue weighted by molar-refractivity contribution is -0.144. The lowest BCUT2D eigenvalue weighted by Gasteiger charge is -2.17. The number of amides is 1. The molecule has 1 rings (SSSR count). The fourth-order valence-corrected chi connectivity index (χ4v) is 1.95. The molecule has 0 aliphatic carbocycles. The van der Waals surface area contributed by atoms with Crippen LogP contribution in [0.1, 0.15) is 32.6 Å². The van der Waals surface area contributed by atoms with Gasteiger partial charge in [-0.1, -0.05) is 0 Å². The largest absolute Gasteiger partial charge is 0.480 e. The molecule has 0 aromatic carbocycles. The zero-order chi connectivity index (χ0) is 13.5. The quantitative estimate of drug-likeness (QED) is 0.652. The van der Waals surface area contributed by atoms with Crippen LogP contribution < -0.4 is 5.32 Å². The van der Waals surface area contributed by atoms with Gasteiger partial charge >= 0.3 is 5.97 Å². The first-order valence-electron chi connectivity index (χ1n) is 6.22. The monoisotopic (exact) mass is 259 g/mol. The second kappa shape index (κ2) is 7.33. The Morgan fingerprint density at radius 2 is 2.22 bits per heavy atom. The van der Waals surface area contributed by atoms with Crippen LogP contribution in [0.25, 0.3) is 0 Å². The lowest BCUT2D eigenvalue weighted by atomic mass is 10.1. The highest BCUT2D eigenvalue weighted by atomic mass is 16.5. The van der Waals surface area contributed by atoms with Gasteiger partial charge in [-0.2, -0.15) is 0 Å². The smallest absolute Gasteiger partial charge is 0.326 e. The second-order valence-electron chi connectivity index (χ2n) is 4.55. The topological polar surface area (TPSA) is 84.9 Å². The first-order valence-corrected chi connectivity index (χ1v) is 6.22. The predicted octanol–water partition coefficient (Wildman–Crippen LogP) is 0.550. The van der Waals surface area contributed by atoms with Gasteiger partial charge in [-0.25, -0.2) is 4.79 Å². The van der Waals surface area contributed by atoms with E-state index >= 15 is 0 Å². The number of hydrogen-bond donors (Lipinski definition) is 2. The molecule has 1 fully saturated rings. The van der Waals surface area contributed by atoms with Gasteiger partial charge in [0.25, 0.3) is 0 Å². The summed E-state index contributed by atoms with van der Waals surface area (Å²) in [5.41, 5.74) is 0. The van der Waals surface area contributed by atoms with Gasteiger partial charge in [-0.3, -0.25) is 4.79 Å². The van der Waals surface area contributed by atoms with Gasteiger partial charge in [0.15, 0.2) is 0 Å². The number of aliphatic carboxylic acids is 1. The van der Waals surface area contributed by atoms with Gasteiger partial charge in [0.2, 0.25) is 5.91 Å². The van der Waals surface area contributed by atoms with Crippen LogP contribution in [0.15, 0.2) is 0 Å². The van der Waals surface area contributed by atoms with Crippen molar-refractivity contribution < 1.29 is 24.2 Å². The Bertz CT molecular complexity index is 294. The van der Waals surface area contributed by atoms with Crippen LogP contribution in [0.4, 0.5) is 0 Å². The van der Waals surface area contributed by atoms with E-state index in [1.807, 2.05) is 6.92 Å². The van der Waals surface area contributed by atoms with Gasteiger partial charge in [-0.05, 0) is 32.6 Å². The second-order valence-corrected chi connectivity index (χ2v) is 4.55. The number of ether oxygens (including phenoxy) is 2. The summed E-state index contributed by atoms with van der Waals surface area (Å²) in [6.07, 6.45) is 1.99. The molecular formula is C12H21NO5. The van der Waals surface area contributed by atoms with Crippen LogP contribution in [0.3, 0.4) is 0 Å². The van der Waals surface area contributed by atoms with Crippen LogP contribution in [0.5, 0.6) is 0 Å². The van der Waals surface area contributed by atoms with Crippen LogP contribution in [0, 0.1) is 0 Å². The molecular weight excluding hydrogens is 238 g/mol. The number of carboxylic acids is 1. The molecule has 0 spiro atoms. The van der Waals surface area contributed by atoms with Gasteiger partial charge in [0.1, 0.15) is 12.1 Å². The Balaban J connectivity index is 2.40. The highest BCUT2D eigenvalue weighted by molar-refractivity contribution is 5.86. The summed E-state index contributed by atoms with van der Waals surface area (Å²) in [6.45, 7) is 2.39. The van der Waals surface area contributed by atoms with E-state index in [1.54, 1.807) is 7.11 Å². The van der Waals surface area contributed by atoms with Gasteiger partial charge in [0.05, 0.1) is 6.10 Å². The minimum absolute atomic E-state index is 0.0671. The molecule has 18 heavy (non-hydrogen) atoms. The number of carboxylic acid groups (broad SMARTS) is 1. The summed E-state index contributed by atoms with van der Waals surface area (Å²) in [6, 6.07) is -0.868. The first kappa shape index (κ1) is 14.9. The third-order valence-electron chi connectivity index (χ3n) is 2.98. The summed E-state index contributed by atoms with van der Waals surface area (Å²) in [5, 5.41) is 11.5. The Hall–Kier alpha value is -1.14. The number of carbonyl (C=O) groups is 2. The van der Waals surface area contributed by atoms with Gasteiger partial charge < -0.3 is 19.9 Å². The standard InChI is InChI=1S/C12H21NO5/c1-8-5-6-10(18-8)11(14)13-9(12(15)16)4-3-7-17-2/h8-10H,3-7H2,1-2H3,(H,13,14)(H,15,16). The van der Waals surface area contributed by atoms with Crippen LogP contribution in [-0.2, 0) is 19.1 Å². The van der Waals surface area contributed by atoms with Crippen molar-refractivity contribution in [3.8, 4) is 0 Å². The molecule has 1 amide bonds. The number of rotatable bonds is 7. The number of methoxy groups -OCH3 is 1. The molecule has 0 radical (unpaired) electrons. The van der Waals surface area contributed by atoms with E-state index < -0.39 is 18.1 Å². The van der Waals surface area contributed by atoms with Crippen molar-refractivity contribution in [2.75, 3.05) is 13.7 Å². The van der Waals surface area contributed by atoms with E-state index in [0.29, 0.717) is 25.9 Å². The summed E-state index contributed by atoms with van der Waals surface area (Å²) >= 11 is 0. The van der Waals surface area contributed by atoms with Gasteiger partial charge in [-0.15, -0.1) is 0 Å². The Kier molecular flexibility index (Phi) is 6.07. The molecule has 1 saturated heterocycles. The normalized spacial score (nSPS) is 24.8. The Morgan fingerprint density at radius 1 is 1.50 bits per heavy atom. The average Bonchev–Trinajstić information content (AvgIpc) is 2.74. The Labute approximate surface area is 107 Å². The minimum atomic E-state index is -1.02. The average molecular weight is 259 g/mol. The van der Waals surface area contributed by atoms with Crippen molar-refractivity contribution in [3.05, 3.63) is 0 Å². The maximum atomic E-state index is 11.8. The lowest BCUT2D eigenvalue weighted by Crippen LogP contribution is -2.45.